The Kier molecular flexibility index (Phi) is 7.77. The second-order valence-corrected chi connectivity index (χ2v) is 6.77. The topological polar surface area (TPSA) is 96.5 Å². The molecule has 0 radical (unpaired) electrons. The van der Waals surface area contributed by atoms with Crippen molar-refractivity contribution in [3.8, 4) is 5.75 Å². The summed E-state index contributed by atoms with van der Waals surface area (Å²) in [6, 6.07) is 12.7. The van der Waals surface area contributed by atoms with Crippen molar-refractivity contribution in [1.29, 1.82) is 0 Å². The zero-order valence-electron chi connectivity index (χ0n) is 17.1. The number of carbonyl (C=O) groups excluding carboxylic acids is 3. The van der Waals surface area contributed by atoms with Crippen molar-refractivity contribution in [3.05, 3.63) is 59.7 Å². The number of benzene rings is 2. The lowest BCUT2D eigenvalue weighted by Crippen LogP contribution is -2.47. The van der Waals surface area contributed by atoms with Crippen LogP contribution in [0.2, 0.25) is 0 Å². The van der Waals surface area contributed by atoms with Gasteiger partial charge in [-0.2, -0.15) is 0 Å². The Labute approximate surface area is 170 Å². The van der Waals surface area contributed by atoms with E-state index in [1.165, 1.54) is 0 Å². The molecule has 0 heterocycles. The predicted octanol–water partition coefficient (Wildman–Crippen LogP) is 2.84. The first-order chi connectivity index (χ1) is 13.9. The van der Waals surface area contributed by atoms with Crippen molar-refractivity contribution in [2.45, 2.75) is 26.8 Å². The SMILES string of the molecule is CCOc1ccccc1C(=O)NC(C(=O)Nc1ccc(C(=O)NC)cc1)C(C)C. The zero-order chi connectivity index (χ0) is 21.4. The van der Waals surface area contributed by atoms with E-state index in [-0.39, 0.29) is 23.6 Å². The van der Waals surface area contributed by atoms with Gasteiger partial charge in [-0.1, -0.05) is 26.0 Å². The summed E-state index contributed by atoms with van der Waals surface area (Å²) >= 11 is 0. The molecule has 0 aromatic heterocycles. The predicted molar refractivity (Wildman–Crippen MR) is 112 cm³/mol. The van der Waals surface area contributed by atoms with Gasteiger partial charge in [0.25, 0.3) is 11.8 Å². The van der Waals surface area contributed by atoms with E-state index in [1.54, 1.807) is 55.6 Å². The van der Waals surface area contributed by atoms with Crippen molar-refractivity contribution < 1.29 is 19.1 Å². The molecule has 0 fully saturated rings. The standard InChI is InChI=1S/C22H27N3O4/c1-5-29-18-9-7-6-8-17(18)21(27)25-19(14(2)3)22(28)24-16-12-10-15(11-13-16)20(26)23-4/h6-14,19H,5H2,1-4H3,(H,23,26)(H,24,28)(H,25,27). The van der Waals surface area contributed by atoms with Crippen LogP contribution in [0, 0.1) is 5.92 Å². The van der Waals surface area contributed by atoms with Crippen molar-refractivity contribution in [2.75, 3.05) is 19.0 Å². The average molecular weight is 397 g/mol. The summed E-state index contributed by atoms with van der Waals surface area (Å²) in [5.74, 6) is -0.584. The molecule has 0 saturated heterocycles. The normalized spacial score (nSPS) is 11.5. The molecule has 2 aromatic rings. The molecule has 29 heavy (non-hydrogen) atoms. The van der Waals surface area contributed by atoms with E-state index in [4.69, 9.17) is 4.74 Å². The molecule has 7 heteroatoms. The van der Waals surface area contributed by atoms with Crippen molar-refractivity contribution >= 4 is 23.4 Å². The van der Waals surface area contributed by atoms with Gasteiger partial charge < -0.3 is 20.7 Å². The van der Waals surface area contributed by atoms with Gasteiger partial charge in [-0.25, -0.2) is 0 Å². The number of carbonyl (C=O) groups is 3. The summed E-state index contributed by atoms with van der Waals surface area (Å²) in [5, 5.41) is 8.12. The van der Waals surface area contributed by atoms with Gasteiger partial charge in [0.05, 0.1) is 12.2 Å². The summed E-state index contributed by atoms with van der Waals surface area (Å²) in [4.78, 5) is 37.1. The highest BCUT2D eigenvalue weighted by atomic mass is 16.5. The van der Waals surface area contributed by atoms with E-state index in [0.29, 0.717) is 29.2 Å². The van der Waals surface area contributed by atoms with Crippen LogP contribution in [-0.4, -0.2) is 37.4 Å². The minimum Gasteiger partial charge on any atom is -0.493 e. The van der Waals surface area contributed by atoms with E-state index in [2.05, 4.69) is 16.0 Å². The fourth-order valence-corrected chi connectivity index (χ4v) is 2.76. The molecule has 0 spiro atoms. The summed E-state index contributed by atoms with van der Waals surface area (Å²) in [5.41, 5.74) is 1.41. The quantitative estimate of drug-likeness (QED) is 0.638. The Bertz CT molecular complexity index is 863. The summed E-state index contributed by atoms with van der Waals surface area (Å²) in [6.07, 6.45) is 0. The number of hydrogen-bond acceptors (Lipinski definition) is 4. The molecule has 0 bridgehead atoms. The Balaban J connectivity index is 2.12. The number of para-hydroxylation sites is 1. The molecule has 0 aliphatic heterocycles. The second-order valence-electron chi connectivity index (χ2n) is 6.77. The Morgan fingerprint density at radius 3 is 2.21 bits per heavy atom. The second kappa shape index (κ2) is 10.3. The Morgan fingerprint density at radius 2 is 1.62 bits per heavy atom. The molecular weight excluding hydrogens is 370 g/mol. The number of anilines is 1. The van der Waals surface area contributed by atoms with Crippen LogP contribution < -0.4 is 20.7 Å². The third kappa shape index (κ3) is 5.81. The molecule has 1 atom stereocenters. The number of nitrogens with one attached hydrogen (secondary N) is 3. The van der Waals surface area contributed by atoms with Gasteiger partial charge in [-0.3, -0.25) is 14.4 Å². The van der Waals surface area contributed by atoms with Crippen LogP contribution >= 0.6 is 0 Å². The van der Waals surface area contributed by atoms with E-state index in [9.17, 15) is 14.4 Å². The van der Waals surface area contributed by atoms with Crippen molar-refractivity contribution in [2.24, 2.45) is 5.92 Å². The van der Waals surface area contributed by atoms with Crippen LogP contribution in [-0.2, 0) is 4.79 Å². The van der Waals surface area contributed by atoms with Crippen molar-refractivity contribution in [3.63, 3.8) is 0 Å². The summed E-state index contributed by atoms with van der Waals surface area (Å²) in [6.45, 7) is 5.99. The molecule has 1 unspecified atom stereocenters. The molecular formula is C22H27N3O4. The third-order valence-electron chi connectivity index (χ3n) is 4.31. The highest BCUT2D eigenvalue weighted by molar-refractivity contribution is 6.02. The van der Waals surface area contributed by atoms with Crippen LogP contribution in [0.4, 0.5) is 5.69 Å². The van der Waals surface area contributed by atoms with Crippen LogP contribution in [0.1, 0.15) is 41.5 Å². The first-order valence-corrected chi connectivity index (χ1v) is 9.53. The Morgan fingerprint density at radius 1 is 0.966 bits per heavy atom. The lowest BCUT2D eigenvalue weighted by molar-refractivity contribution is -0.118. The number of rotatable bonds is 8. The van der Waals surface area contributed by atoms with Gasteiger partial charge in [-0.05, 0) is 49.2 Å². The lowest BCUT2D eigenvalue weighted by Gasteiger charge is -2.22. The maximum absolute atomic E-state index is 12.8. The lowest BCUT2D eigenvalue weighted by atomic mass is 10.0. The van der Waals surface area contributed by atoms with Gasteiger partial charge in [0.1, 0.15) is 11.8 Å². The van der Waals surface area contributed by atoms with E-state index < -0.39 is 6.04 Å². The first kappa shape index (κ1) is 21.9. The molecule has 3 N–H and O–H groups in total. The third-order valence-corrected chi connectivity index (χ3v) is 4.31. The summed E-state index contributed by atoms with van der Waals surface area (Å²) < 4.78 is 5.50. The van der Waals surface area contributed by atoms with Crippen LogP contribution in [0.25, 0.3) is 0 Å². The number of hydrogen-bond donors (Lipinski definition) is 3. The molecule has 154 valence electrons. The van der Waals surface area contributed by atoms with E-state index >= 15 is 0 Å². The molecule has 0 aliphatic rings. The number of amides is 3. The molecule has 0 saturated carbocycles. The number of ether oxygens (including phenoxy) is 1. The zero-order valence-corrected chi connectivity index (χ0v) is 17.1. The first-order valence-electron chi connectivity index (χ1n) is 9.53. The van der Waals surface area contributed by atoms with Gasteiger partial charge in [0.2, 0.25) is 5.91 Å². The molecule has 0 aliphatic carbocycles. The van der Waals surface area contributed by atoms with Gasteiger partial charge >= 0.3 is 0 Å². The minimum atomic E-state index is -0.740. The maximum atomic E-state index is 12.8. The van der Waals surface area contributed by atoms with Gasteiger partial charge in [-0.15, -0.1) is 0 Å². The highest BCUT2D eigenvalue weighted by Gasteiger charge is 2.26. The minimum absolute atomic E-state index is 0.136. The fraction of sp³-hybridized carbons (Fsp3) is 0.318. The van der Waals surface area contributed by atoms with Crippen LogP contribution in [0.5, 0.6) is 5.75 Å². The van der Waals surface area contributed by atoms with Crippen molar-refractivity contribution in [1.82, 2.24) is 10.6 Å². The fourth-order valence-electron chi connectivity index (χ4n) is 2.76. The largest absolute Gasteiger partial charge is 0.493 e. The van der Waals surface area contributed by atoms with Crippen LogP contribution in [0.3, 0.4) is 0 Å². The van der Waals surface area contributed by atoms with E-state index in [0.717, 1.165) is 0 Å². The molecule has 7 nitrogen and oxygen atoms in total. The average Bonchev–Trinajstić information content (AvgIpc) is 2.72. The van der Waals surface area contributed by atoms with Gasteiger partial charge in [0.15, 0.2) is 0 Å². The van der Waals surface area contributed by atoms with Gasteiger partial charge in [0, 0.05) is 18.3 Å². The maximum Gasteiger partial charge on any atom is 0.255 e. The Hall–Kier alpha value is -3.35. The highest BCUT2D eigenvalue weighted by Crippen LogP contribution is 2.19. The van der Waals surface area contributed by atoms with Crippen LogP contribution in [0.15, 0.2) is 48.5 Å². The molecule has 2 rings (SSSR count). The molecule has 2 aromatic carbocycles. The summed E-state index contributed by atoms with van der Waals surface area (Å²) in [7, 11) is 1.55. The van der Waals surface area contributed by atoms with E-state index in [1.807, 2.05) is 20.8 Å². The monoisotopic (exact) mass is 397 g/mol. The molecule has 3 amide bonds. The smallest absolute Gasteiger partial charge is 0.255 e.